The molecule has 7 rings (SSSR count). The third-order valence-electron chi connectivity index (χ3n) is 10.7. The van der Waals surface area contributed by atoms with Gasteiger partial charge in [-0.2, -0.15) is 0 Å². The molecule has 0 saturated heterocycles. The van der Waals surface area contributed by atoms with Crippen LogP contribution in [0, 0.1) is 27.7 Å². The van der Waals surface area contributed by atoms with Crippen molar-refractivity contribution in [2.24, 2.45) is 0 Å². The first-order valence-corrected chi connectivity index (χ1v) is 30.0. The van der Waals surface area contributed by atoms with Crippen LogP contribution in [0.25, 0.3) is 40.0 Å². The molecule has 2 unspecified atom stereocenters. The van der Waals surface area contributed by atoms with Crippen molar-refractivity contribution < 1.29 is 17.4 Å². The first-order valence-electron chi connectivity index (χ1n) is 16.4. The summed E-state index contributed by atoms with van der Waals surface area (Å²) in [4.78, 5) is 0. The van der Waals surface area contributed by atoms with E-state index in [1.165, 1.54) is 66.8 Å². The summed E-state index contributed by atoms with van der Waals surface area (Å²) in [6.07, 6.45) is 5.15. The molecule has 0 radical (unpaired) electrons. The van der Waals surface area contributed by atoms with Crippen LogP contribution in [0.4, 0.5) is 0 Å². The molecule has 0 spiro atoms. The molecule has 2 aliphatic carbocycles. The average molecular weight is 753 g/mol. The number of allylic oxidation sites excluding steroid dienone is 2. The Balaban J connectivity index is 0.00000217. The van der Waals surface area contributed by atoms with Gasteiger partial charge in [0.15, 0.2) is 0 Å². The van der Waals surface area contributed by atoms with Crippen LogP contribution in [0.5, 0.6) is 0 Å². The Kier molecular flexibility index (Phi) is 9.79. The molecular weight excluding hydrogens is 707 g/mol. The van der Waals surface area contributed by atoms with E-state index >= 15 is 0 Å². The monoisotopic (exact) mass is 750 g/mol. The Morgan fingerprint density at radius 3 is 1.68 bits per heavy atom. The van der Waals surface area contributed by atoms with E-state index in [-0.39, 0.29) is 24.8 Å². The maximum absolute atomic E-state index is 3.85. The smallest absolute Gasteiger partial charge is 0.147 e. The fourth-order valence-electron chi connectivity index (χ4n) is 9.23. The van der Waals surface area contributed by atoms with E-state index in [9.17, 15) is 0 Å². The summed E-state index contributed by atoms with van der Waals surface area (Å²) in [6, 6.07) is 38.6. The van der Waals surface area contributed by atoms with E-state index in [0.29, 0.717) is 7.25 Å². The standard InChI is InChI=1S/C24H21.C17H15.2CH3.2ClH.H2Si.Zr/c1-16-12-17(2)24(18(3)13-16)21-14-20-10-7-11-22(23(20)15-21)19-8-5-4-6-9-19;1-12-10-16-13(2)8-9-15(17(16)11-12)14-6-4-3-5-7-14;;;;;;/h4-15H,1-3H3;3-11H,1-2H3;2*1H3;2*1H;1H2;. The zero-order valence-corrected chi connectivity index (χ0v) is 34.2. The van der Waals surface area contributed by atoms with Gasteiger partial charge in [-0.1, -0.05) is 0 Å². The molecule has 0 aliphatic heterocycles. The van der Waals surface area contributed by atoms with E-state index in [2.05, 4.69) is 166 Å². The van der Waals surface area contributed by atoms with E-state index in [1.54, 1.807) is 16.7 Å². The van der Waals surface area contributed by atoms with Gasteiger partial charge >= 0.3 is 274 Å². The van der Waals surface area contributed by atoms with Gasteiger partial charge in [-0.3, -0.25) is 0 Å². The maximum Gasteiger partial charge on any atom is -0.147 e. The molecule has 0 amide bonds. The Labute approximate surface area is 296 Å². The second kappa shape index (κ2) is 12.9. The van der Waals surface area contributed by atoms with E-state index in [0.717, 1.165) is 0 Å². The molecule has 0 fully saturated rings. The van der Waals surface area contributed by atoms with Gasteiger partial charge in [-0.25, -0.2) is 0 Å². The van der Waals surface area contributed by atoms with Gasteiger partial charge in [-0.15, -0.1) is 24.8 Å². The first-order chi connectivity index (χ1) is 21.4. The largest absolute Gasteiger partial charge is 0.147 e. The third-order valence-corrected chi connectivity index (χ3v) is 28.2. The number of benzene rings is 5. The molecule has 47 heavy (non-hydrogen) atoms. The van der Waals surface area contributed by atoms with Crippen LogP contribution in [0.1, 0.15) is 64.2 Å². The molecule has 0 bridgehead atoms. The van der Waals surface area contributed by atoms with Crippen molar-refractivity contribution >= 4 is 49.4 Å². The van der Waals surface area contributed by atoms with Crippen molar-refractivity contribution in [2.75, 3.05) is 0 Å². The average Bonchev–Trinajstić information content (AvgIpc) is 3.57. The topological polar surface area (TPSA) is 0 Å². The minimum absolute atomic E-state index is 0. The Bertz CT molecular complexity index is 2110. The Hall–Kier alpha value is -2.74. The van der Waals surface area contributed by atoms with Crippen LogP contribution in [0.15, 0.2) is 109 Å². The zero-order chi connectivity index (χ0) is 31.7. The Morgan fingerprint density at radius 1 is 0.553 bits per heavy atom. The van der Waals surface area contributed by atoms with Crippen LogP contribution in [-0.4, -0.2) is 6.88 Å². The van der Waals surface area contributed by atoms with Gasteiger partial charge in [-0.05, 0) is 0 Å². The quantitative estimate of drug-likeness (QED) is 0.157. The molecule has 0 heterocycles. The van der Waals surface area contributed by atoms with E-state index < -0.39 is 17.4 Å². The number of rotatable bonds is 5. The van der Waals surface area contributed by atoms with Crippen molar-refractivity contribution in [3.63, 3.8) is 0 Å². The van der Waals surface area contributed by atoms with Gasteiger partial charge in [0.2, 0.25) is 0 Å². The SMILES string of the molecule is CC1=Cc2c(-c3ccccc3)ccc(C)c2[CH]1[Zr]([CH3])([CH3])(=[SiH2])[CH]1C(c2c(C)cc(C)cc2C)=Cc2c(-c3ccccc3)cccc21.Cl.Cl. The summed E-state index contributed by atoms with van der Waals surface area (Å²) in [5.41, 5.74) is 21.5. The van der Waals surface area contributed by atoms with Crippen LogP contribution < -0.4 is 0 Å². The second-order valence-corrected chi connectivity index (χ2v) is 45.3. The molecule has 240 valence electrons. The van der Waals surface area contributed by atoms with Crippen LogP contribution in [-0.2, 0) is 17.4 Å². The molecule has 5 aromatic rings. The summed E-state index contributed by atoms with van der Waals surface area (Å²) in [5, 5.41) is 0. The molecular formula is C43H46Cl2SiZr. The van der Waals surface area contributed by atoms with Crippen LogP contribution in [0.2, 0.25) is 9.26 Å². The number of fused-ring (bicyclic) bond motifs is 2. The van der Waals surface area contributed by atoms with Crippen molar-refractivity contribution in [3.05, 3.63) is 159 Å². The number of hydrogen-bond donors (Lipinski definition) is 0. The fourth-order valence-corrected chi connectivity index (χ4v) is 29.1. The summed E-state index contributed by atoms with van der Waals surface area (Å²) in [5.74, 6) is 0. The summed E-state index contributed by atoms with van der Waals surface area (Å²) in [6.45, 7) is 14.1. The fraction of sp³-hybridized carbons (Fsp3) is 0.209. The minimum atomic E-state index is -3.85. The van der Waals surface area contributed by atoms with Crippen LogP contribution in [0.3, 0.4) is 0 Å². The van der Waals surface area contributed by atoms with Crippen molar-refractivity contribution in [3.8, 4) is 22.3 Å². The molecule has 0 saturated carbocycles. The van der Waals surface area contributed by atoms with E-state index in [1.807, 2.05) is 0 Å². The van der Waals surface area contributed by atoms with Gasteiger partial charge in [0.1, 0.15) is 0 Å². The number of hydrogen-bond acceptors (Lipinski definition) is 0. The summed E-state index contributed by atoms with van der Waals surface area (Å²) in [7, 11) is 0. The zero-order valence-electron chi connectivity index (χ0n) is 28.6. The molecule has 2 atom stereocenters. The van der Waals surface area contributed by atoms with Gasteiger partial charge in [0, 0.05) is 0 Å². The van der Waals surface area contributed by atoms with Crippen molar-refractivity contribution in [1.82, 2.24) is 0 Å². The Morgan fingerprint density at radius 2 is 1.11 bits per heavy atom. The molecule has 2 aliphatic rings. The first kappa shape index (κ1) is 35.6. The third kappa shape index (κ3) is 5.84. The summed E-state index contributed by atoms with van der Waals surface area (Å²) < 4.78 is 6.41. The number of halogens is 2. The van der Waals surface area contributed by atoms with Crippen LogP contribution >= 0.6 is 24.8 Å². The minimum Gasteiger partial charge on any atom is -0.147 e. The summed E-state index contributed by atoms with van der Waals surface area (Å²) >= 11 is -3.85. The molecule has 0 nitrogen and oxygen atoms in total. The molecule has 5 aromatic carbocycles. The van der Waals surface area contributed by atoms with Gasteiger partial charge in [0.05, 0.1) is 0 Å². The molecule has 0 aromatic heterocycles. The molecule has 4 heteroatoms. The van der Waals surface area contributed by atoms with Crippen molar-refractivity contribution in [2.45, 2.75) is 51.1 Å². The van der Waals surface area contributed by atoms with Crippen molar-refractivity contribution in [1.29, 1.82) is 0 Å². The predicted molar refractivity (Wildman–Crippen MR) is 211 cm³/mol. The number of aryl methyl sites for hydroxylation is 4. The molecule has 0 N–H and O–H groups in total. The maximum atomic E-state index is 2.77. The van der Waals surface area contributed by atoms with E-state index in [4.69, 9.17) is 0 Å². The second-order valence-electron chi connectivity index (χ2n) is 14.9. The van der Waals surface area contributed by atoms with Gasteiger partial charge in [0.25, 0.3) is 0 Å². The normalized spacial score (nSPS) is 16.8. The van der Waals surface area contributed by atoms with Gasteiger partial charge < -0.3 is 0 Å². The predicted octanol–water partition coefficient (Wildman–Crippen LogP) is 12.2.